The van der Waals surface area contributed by atoms with Crippen LogP contribution in [0.1, 0.15) is 5.56 Å². The second-order valence-electron chi connectivity index (χ2n) is 7.47. The molecule has 32 heavy (non-hydrogen) atoms. The molecule has 0 aliphatic carbocycles. The molecule has 2 aromatic carbocycles. The van der Waals surface area contributed by atoms with Crippen molar-refractivity contribution in [1.82, 2.24) is 20.3 Å². The van der Waals surface area contributed by atoms with Gasteiger partial charge in [-0.05, 0) is 36.4 Å². The molecule has 0 spiro atoms. The van der Waals surface area contributed by atoms with Crippen LogP contribution in [0.3, 0.4) is 0 Å². The fourth-order valence-corrected chi connectivity index (χ4v) is 4.46. The fraction of sp³-hybridized carbons (Fsp3) is 0.125. The summed E-state index contributed by atoms with van der Waals surface area (Å²) in [6.45, 7) is 2.40. The van der Waals surface area contributed by atoms with Gasteiger partial charge >= 0.3 is 0 Å². The third-order valence-electron chi connectivity index (χ3n) is 5.46. The smallest absolute Gasteiger partial charge is 0.132 e. The molecule has 8 heteroatoms. The number of nitrogens with zero attached hydrogens (tertiary/aromatic N) is 3. The van der Waals surface area contributed by atoms with Crippen LogP contribution in [0.25, 0.3) is 39.0 Å². The van der Waals surface area contributed by atoms with Crippen molar-refractivity contribution in [3.63, 3.8) is 0 Å². The second-order valence-corrected chi connectivity index (χ2v) is 8.24. The molecule has 1 unspecified atom stereocenters. The van der Waals surface area contributed by atoms with Crippen LogP contribution in [0.2, 0.25) is 5.02 Å². The molecule has 0 saturated heterocycles. The highest BCUT2D eigenvalue weighted by molar-refractivity contribution is 7.21. The molecule has 0 fully saturated rings. The summed E-state index contributed by atoms with van der Waals surface area (Å²) >= 11 is 6.10. The van der Waals surface area contributed by atoms with Gasteiger partial charge in [0, 0.05) is 52.0 Å². The van der Waals surface area contributed by atoms with Crippen LogP contribution in [-0.2, 0) is 0 Å². The van der Waals surface area contributed by atoms with E-state index in [0.717, 1.165) is 52.9 Å². The van der Waals surface area contributed by atoms with Crippen molar-refractivity contribution in [3.8, 4) is 22.5 Å². The minimum atomic E-state index is -0.360. The molecule has 1 aliphatic heterocycles. The van der Waals surface area contributed by atoms with Crippen LogP contribution < -0.4 is 5.32 Å². The number of benzene rings is 2. The van der Waals surface area contributed by atoms with Gasteiger partial charge in [0.2, 0.25) is 0 Å². The van der Waals surface area contributed by atoms with E-state index >= 15 is 0 Å². The third-order valence-corrected chi connectivity index (χ3v) is 6.03. The molecule has 2 N–H and O–H groups in total. The second kappa shape index (κ2) is 8.91. The molecule has 2 aromatic heterocycles. The van der Waals surface area contributed by atoms with E-state index in [1.807, 2.05) is 30.2 Å². The molecule has 0 bridgehead atoms. The van der Waals surface area contributed by atoms with Crippen molar-refractivity contribution >= 4 is 43.0 Å². The topological polar surface area (TPSA) is 66.0 Å². The molecule has 0 radical (unpaired) electrons. The Hall–Kier alpha value is -2.92. The summed E-state index contributed by atoms with van der Waals surface area (Å²) < 4.78 is 14.5. The number of hydrogen-bond donors (Lipinski definition) is 2. The Morgan fingerprint density at radius 3 is 2.84 bits per heavy atom. The summed E-state index contributed by atoms with van der Waals surface area (Å²) in [4.78, 5) is 16.8. The molecule has 5 nitrogen and oxygen atoms in total. The Morgan fingerprint density at radius 2 is 2.03 bits per heavy atom. The number of rotatable bonds is 4. The summed E-state index contributed by atoms with van der Waals surface area (Å²) in [5.74, 6) is 1.63. The monoisotopic (exact) mass is 463 g/mol. The zero-order valence-corrected chi connectivity index (χ0v) is 19.0. The van der Waals surface area contributed by atoms with Crippen LogP contribution in [0, 0.1) is 5.82 Å². The predicted molar refractivity (Wildman–Crippen MR) is 133 cm³/mol. The van der Waals surface area contributed by atoms with Crippen molar-refractivity contribution in [2.75, 3.05) is 19.6 Å². The number of aromatic amines is 1. The third kappa shape index (κ3) is 3.97. The summed E-state index contributed by atoms with van der Waals surface area (Å²) in [6, 6.07) is 12.5. The first-order chi connectivity index (χ1) is 15.6. The number of hydrogen-bond acceptors (Lipinski definition) is 4. The lowest BCUT2D eigenvalue weighted by molar-refractivity contribution is 0.631. The maximum Gasteiger partial charge on any atom is 0.132 e. The van der Waals surface area contributed by atoms with Gasteiger partial charge in [0.05, 0.1) is 35.5 Å². The molecular weight excluding hydrogens is 444 g/mol. The maximum absolute atomic E-state index is 14.5. The van der Waals surface area contributed by atoms with Crippen LogP contribution in [-0.4, -0.2) is 40.3 Å². The van der Waals surface area contributed by atoms with Gasteiger partial charge in [0.25, 0.3) is 0 Å². The lowest BCUT2D eigenvalue weighted by atomic mass is 9.99. The average molecular weight is 464 g/mol. The van der Waals surface area contributed by atoms with Gasteiger partial charge in [-0.25, -0.2) is 9.37 Å². The number of imidazole rings is 1. The van der Waals surface area contributed by atoms with Crippen LogP contribution >= 0.6 is 20.8 Å². The van der Waals surface area contributed by atoms with Crippen molar-refractivity contribution in [3.05, 3.63) is 77.2 Å². The lowest BCUT2D eigenvalue weighted by Crippen LogP contribution is -2.31. The largest absolute Gasteiger partial charge is 0.344 e. The van der Waals surface area contributed by atoms with E-state index in [0.29, 0.717) is 22.0 Å². The fourth-order valence-electron chi connectivity index (χ4n) is 3.91. The SMILES string of the molecule is Fc1ccc(Cl)cc1-c1[nH]cnc1-c1ccc2ncc(/C(=C/P)C3=NCCNC3)cc2c1. The van der Waals surface area contributed by atoms with Crippen LogP contribution in [0.15, 0.2) is 65.8 Å². The first kappa shape index (κ1) is 21.0. The molecule has 1 aliphatic rings. The molecule has 160 valence electrons. The van der Waals surface area contributed by atoms with Gasteiger partial charge in [-0.15, -0.1) is 9.24 Å². The van der Waals surface area contributed by atoms with Gasteiger partial charge in [0.1, 0.15) is 5.82 Å². The molecule has 0 amide bonds. The highest BCUT2D eigenvalue weighted by Gasteiger charge is 2.16. The van der Waals surface area contributed by atoms with Crippen molar-refractivity contribution in [1.29, 1.82) is 0 Å². The zero-order chi connectivity index (χ0) is 22.1. The van der Waals surface area contributed by atoms with E-state index in [1.165, 1.54) is 12.1 Å². The maximum atomic E-state index is 14.5. The van der Waals surface area contributed by atoms with Gasteiger partial charge < -0.3 is 10.3 Å². The van der Waals surface area contributed by atoms with E-state index in [1.54, 1.807) is 12.4 Å². The van der Waals surface area contributed by atoms with E-state index in [4.69, 9.17) is 11.6 Å². The number of aliphatic imine (C=N–C) groups is 1. The van der Waals surface area contributed by atoms with Crippen molar-refractivity contribution < 1.29 is 4.39 Å². The van der Waals surface area contributed by atoms with Gasteiger partial charge in [-0.3, -0.25) is 9.98 Å². The number of aromatic nitrogens is 3. The summed E-state index contributed by atoms with van der Waals surface area (Å²) in [6.07, 6.45) is 3.43. The van der Waals surface area contributed by atoms with Gasteiger partial charge in [-0.2, -0.15) is 0 Å². The number of fused-ring (bicyclic) bond motifs is 1. The summed E-state index contributed by atoms with van der Waals surface area (Å²) in [5, 5.41) is 4.79. The van der Waals surface area contributed by atoms with E-state index in [2.05, 4.69) is 40.6 Å². The van der Waals surface area contributed by atoms with E-state index < -0.39 is 0 Å². The standard InChI is InChI=1S/C24H20ClFN5P/c25-17-2-3-20(26)18(9-17)24-23(30-13-31-24)14-1-4-21-15(7-14)8-16(10-29-21)19(12-32)22-11-27-5-6-28-22/h1-4,7-10,12-13,27H,5-6,11,32H2,(H,30,31)/b19-12-. The number of H-pyrrole nitrogens is 1. The molecular formula is C24H20ClFN5P. The van der Waals surface area contributed by atoms with Gasteiger partial charge in [-0.1, -0.05) is 23.5 Å². The first-order valence-electron chi connectivity index (χ1n) is 10.2. The van der Waals surface area contributed by atoms with Crippen molar-refractivity contribution in [2.45, 2.75) is 0 Å². The van der Waals surface area contributed by atoms with E-state index in [9.17, 15) is 4.39 Å². The normalized spacial score (nSPS) is 14.6. The summed E-state index contributed by atoms with van der Waals surface area (Å²) in [5.41, 5.74) is 6.42. The first-order valence-corrected chi connectivity index (χ1v) is 11.2. The number of halogens is 2. The molecule has 0 saturated carbocycles. The Labute approximate surface area is 192 Å². The molecule has 3 heterocycles. The average Bonchev–Trinajstić information content (AvgIpc) is 3.31. The molecule has 4 aromatic rings. The minimum absolute atomic E-state index is 0.360. The highest BCUT2D eigenvalue weighted by Crippen LogP contribution is 2.34. The minimum Gasteiger partial charge on any atom is -0.344 e. The van der Waals surface area contributed by atoms with E-state index in [-0.39, 0.29) is 5.82 Å². The van der Waals surface area contributed by atoms with Crippen LogP contribution in [0.5, 0.6) is 0 Å². The zero-order valence-electron chi connectivity index (χ0n) is 17.1. The molecule has 1 atom stereocenters. The molecule has 5 rings (SSSR count). The predicted octanol–water partition coefficient (Wildman–Crippen LogP) is 5.34. The van der Waals surface area contributed by atoms with Crippen molar-refractivity contribution in [2.24, 2.45) is 4.99 Å². The van der Waals surface area contributed by atoms with Crippen LogP contribution in [0.4, 0.5) is 4.39 Å². The Bertz CT molecular complexity index is 1380. The number of pyridine rings is 1. The highest BCUT2D eigenvalue weighted by atomic mass is 35.5. The Kier molecular flexibility index (Phi) is 5.83. The summed E-state index contributed by atoms with van der Waals surface area (Å²) in [7, 11) is 2.67. The number of nitrogens with one attached hydrogen (secondary N) is 2. The lowest BCUT2D eigenvalue weighted by Gasteiger charge is -2.16. The Balaban J connectivity index is 1.58. The Morgan fingerprint density at radius 1 is 1.12 bits per heavy atom. The van der Waals surface area contributed by atoms with Gasteiger partial charge in [0.15, 0.2) is 0 Å². The quantitative estimate of drug-likeness (QED) is 0.401.